The first kappa shape index (κ1) is 33.7. The van der Waals surface area contributed by atoms with Crippen LogP contribution in [0.4, 0.5) is 0 Å². The minimum atomic E-state index is -0.722. The highest BCUT2D eigenvalue weighted by Crippen LogP contribution is 2.13. The number of nitrogens with zero attached hydrogens (tertiary/aromatic N) is 5. The lowest BCUT2D eigenvalue weighted by atomic mass is 10.4. The van der Waals surface area contributed by atoms with Crippen LogP contribution in [0.3, 0.4) is 0 Å². The maximum atomic E-state index is 11.7. The van der Waals surface area contributed by atoms with Gasteiger partial charge in [0.1, 0.15) is 5.69 Å². The van der Waals surface area contributed by atoms with Gasteiger partial charge in [0.05, 0.1) is 91.7 Å². The van der Waals surface area contributed by atoms with E-state index in [9.17, 15) is 28.8 Å². The number of amides is 4. The molecule has 238 valence electrons. The van der Waals surface area contributed by atoms with E-state index < -0.39 is 35.6 Å². The zero-order chi connectivity index (χ0) is 30.9. The van der Waals surface area contributed by atoms with Gasteiger partial charge in [-0.1, -0.05) is 5.21 Å². The maximum absolute atomic E-state index is 11.7. The Bertz CT molecular complexity index is 1080. The van der Waals surface area contributed by atoms with E-state index in [1.165, 1.54) is 0 Å². The Labute approximate surface area is 246 Å². The summed E-state index contributed by atoms with van der Waals surface area (Å²) in [5.41, 5.74) is 0.639. The molecule has 3 rings (SSSR count). The lowest BCUT2D eigenvalue weighted by Crippen LogP contribution is -2.32. The highest BCUT2D eigenvalue weighted by atomic mass is 16.7. The van der Waals surface area contributed by atoms with E-state index in [2.05, 4.69) is 10.3 Å². The Morgan fingerprint density at radius 1 is 0.605 bits per heavy atom. The molecule has 0 spiro atoms. The Morgan fingerprint density at radius 3 is 1.51 bits per heavy atom. The molecule has 4 amide bonds. The zero-order valence-corrected chi connectivity index (χ0v) is 23.6. The van der Waals surface area contributed by atoms with Crippen LogP contribution in [0.1, 0.15) is 44.2 Å². The van der Waals surface area contributed by atoms with Gasteiger partial charge >= 0.3 is 11.9 Å². The second-order valence-electron chi connectivity index (χ2n) is 9.07. The van der Waals surface area contributed by atoms with E-state index in [1.54, 1.807) is 10.9 Å². The molecule has 2 aliphatic rings. The Balaban J connectivity index is 1.08. The topological polar surface area (TPSA) is 204 Å². The van der Waals surface area contributed by atoms with Gasteiger partial charge in [0, 0.05) is 25.7 Å². The molecule has 3 heterocycles. The molecular formula is C25H35N5O13. The van der Waals surface area contributed by atoms with E-state index in [0.717, 1.165) is 0 Å². The van der Waals surface area contributed by atoms with Gasteiger partial charge in [-0.15, -0.1) is 15.2 Å². The second kappa shape index (κ2) is 18.6. The zero-order valence-electron chi connectivity index (χ0n) is 23.6. The van der Waals surface area contributed by atoms with Crippen molar-refractivity contribution in [2.24, 2.45) is 0 Å². The molecular weight excluding hydrogens is 578 g/mol. The molecule has 0 atom stereocenters. The summed E-state index contributed by atoms with van der Waals surface area (Å²) in [6.07, 6.45) is 1.70. The molecule has 2 aliphatic heterocycles. The number of imide groups is 2. The molecule has 0 N–H and O–H groups in total. The van der Waals surface area contributed by atoms with Crippen LogP contribution in [0.5, 0.6) is 0 Å². The first-order valence-electron chi connectivity index (χ1n) is 13.7. The number of aromatic nitrogens is 3. The fourth-order valence-corrected chi connectivity index (χ4v) is 3.53. The molecule has 0 aliphatic carbocycles. The molecule has 0 saturated carbocycles. The normalized spacial score (nSPS) is 15.2. The van der Waals surface area contributed by atoms with Gasteiger partial charge in [0.15, 0.2) is 0 Å². The third kappa shape index (κ3) is 12.5. The molecule has 2 saturated heterocycles. The molecule has 0 radical (unpaired) electrons. The third-order valence-electron chi connectivity index (χ3n) is 5.72. The first-order chi connectivity index (χ1) is 20.8. The van der Waals surface area contributed by atoms with Crippen molar-refractivity contribution in [1.29, 1.82) is 0 Å². The van der Waals surface area contributed by atoms with E-state index in [1.807, 2.05) is 0 Å². The highest BCUT2D eigenvalue weighted by molar-refractivity contribution is 6.02. The number of rotatable bonds is 22. The van der Waals surface area contributed by atoms with Crippen LogP contribution in [0.2, 0.25) is 0 Å². The van der Waals surface area contributed by atoms with Gasteiger partial charge in [-0.05, 0) is 0 Å². The SMILES string of the molecule is O=C(CCOCCOCCOCc1cn(CCOCCOCCC(=O)ON2C(=O)CCC2=O)nn1)ON1C(=O)CCC1=O. The lowest BCUT2D eigenvalue weighted by molar-refractivity contribution is -0.198. The van der Waals surface area contributed by atoms with Gasteiger partial charge in [-0.3, -0.25) is 19.2 Å². The van der Waals surface area contributed by atoms with Crippen molar-refractivity contribution in [1.82, 2.24) is 25.1 Å². The fraction of sp³-hybridized carbons (Fsp3) is 0.680. The number of hydrogen-bond acceptors (Lipinski definition) is 15. The van der Waals surface area contributed by atoms with Gasteiger partial charge in [0.2, 0.25) is 0 Å². The van der Waals surface area contributed by atoms with Crippen molar-refractivity contribution < 1.29 is 62.1 Å². The molecule has 18 nitrogen and oxygen atoms in total. The van der Waals surface area contributed by atoms with Crippen molar-refractivity contribution in [3.8, 4) is 0 Å². The highest BCUT2D eigenvalue weighted by Gasteiger charge is 2.33. The molecule has 18 heteroatoms. The monoisotopic (exact) mass is 613 g/mol. The third-order valence-corrected chi connectivity index (χ3v) is 5.72. The summed E-state index contributed by atoms with van der Waals surface area (Å²) in [6.45, 7) is 2.95. The summed E-state index contributed by atoms with van der Waals surface area (Å²) in [7, 11) is 0. The fourth-order valence-electron chi connectivity index (χ4n) is 3.53. The molecule has 0 bridgehead atoms. The predicted molar refractivity (Wildman–Crippen MR) is 137 cm³/mol. The summed E-state index contributed by atoms with van der Waals surface area (Å²) < 4.78 is 28.5. The van der Waals surface area contributed by atoms with Crippen molar-refractivity contribution in [2.75, 3.05) is 59.5 Å². The van der Waals surface area contributed by atoms with Gasteiger partial charge < -0.3 is 33.4 Å². The minimum Gasteiger partial charge on any atom is -0.378 e. The van der Waals surface area contributed by atoms with Crippen molar-refractivity contribution >= 4 is 35.6 Å². The number of carbonyl (C=O) groups excluding carboxylic acids is 6. The van der Waals surface area contributed by atoms with Gasteiger partial charge in [-0.25, -0.2) is 14.3 Å². The Kier molecular flexibility index (Phi) is 14.6. The number of ether oxygens (including phenoxy) is 5. The summed E-state index contributed by atoms with van der Waals surface area (Å²) in [4.78, 5) is 78.4. The number of carbonyl (C=O) groups is 6. The second-order valence-corrected chi connectivity index (χ2v) is 9.07. The van der Waals surface area contributed by atoms with Crippen molar-refractivity contribution in [2.45, 2.75) is 51.7 Å². The number of hydrogen-bond donors (Lipinski definition) is 0. The van der Waals surface area contributed by atoms with Crippen LogP contribution >= 0.6 is 0 Å². The molecule has 0 unspecified atom stereocenters. The Morgan fingerprint density at radius 2 is 1.02 bits per heavy atom. The standard InChI is InChI=1S/C25H35N5O13/c31-20-1-2-21(32)29(20)42-24(35)5-8-37-11-13-39-10-7-28-17-19(26-27-28)18-41-16-15-40-14-12-38-9-6-25(36)43-30-22(33)3-4-23(30)34/h17H,1-16,18H2. The van der Waals surface area contributed by atoms with E-state index in [4.69, 9.17) is 33.4 Å². The van der Waals surface area contributed by atoms with Crippen molar-refractivity contribution in [3.05, 3.63) is 11.9 Å². The maximum Gasteiger partial charge on any atom is 0.335 e. The van der Waals surface area contributed by atoms with Crippen LogP contribution in [-0.4, -0.2) is 120 Å². The number of hydroxylamine groups is 4. The summed E-state index contributed by atoms with van der Waals surface area (Å²) in [5, 5.41) is 9.02. The molecule has 1 aromatic rings. The predicted octanol–water partition coefficient (Wildman–Crippen LogP) is -1.14. The van der Waals surface area contributed by atoms with Crippen molar-refractivity contribution in [3.63, 3.8) is 0 Å². The van der Waals surface area contributed by atoms with E-state index >= 15 is 0 Å². The van der Waals surface area contributed by atoms with Gasteiger partial charge in [-0.2, -0.15) is 0 Å². The molecule has 0 aromatic carbocycles. The Hall–Kier alpha value is -3.84. The van der Waals surface area contributed by atoms with Gasteiger partial charge in [0.25, 0.3) is 23.6 Å². The molecule has 2 fully saturated rings. The smallest absolute Gasteiger partial charge is 0.335 e. The van der Waals surface area contributed by atoms with Crippen LogP contribution in [0.25, 0.3) is 0 Å². The van der Waals surface area contributed by atoms with Crippen LogP contribution in [0.15, 0.2) is 6.20 Å². The van der Waals surface area contributed by atoms with Crippen LogP contribution < -0.4 is 0 Å². The van der Waals surface area contributed by atoms with Crippen LogP contribution in [-0.2, 0) is 75.3 Å². The summed E-state index contributed by atoms with van der Waals surface area (Å²) in [5.74, 6) is -3.55. The average Bonchev–Trinajstić information content (AvgIpc) is 3.66. The van der Waals surface area contributed by atoms with E-state index in [-0.39, 0.29) is 71.6 Å². The lowest BCUT2D eigenvalue weighted by Gasteiger charge is -2.12. The summed E-state index contributed by atoms with van der Waals surface area (Å²) in [6, 6.07) is 0. The minimum absolute atomic E-state index is 0.0428. The van der Waals surface area contributed by atoms with E-state index in [0.29, 0.717) is 55.4 Å². The largest absolute Gasteiger partial charge is 0.378 e. The first-order valence-corrected chi connectivity index (χ1v) is 13.7. The average molecular weight is 614 g/mol. The summed E-state index contributed by atoms with van der Waals surface area (Å²) >= 11 is 0. The molecule has 1 aromatic heterocycles. The van der Waals surface area contributed by atoms with Crippen LogP contribution in [0, 0.1) is 0 Å². The quantitative estimate of drug-likeness (QED) is 0.112. The molecule has 43 heavy (non-hydrogen) atoms.